The second kappa shape index (κ2) is 11.1. The van der Waals surface area contributed by atoms with E-state index >= 15 is 0 Å². The van der Waals surface area contributed by atoms with Gasteiger partial charge in [0, 0.05) is 43.4 Å². The van der Waals surface area contributed by atoms with Crippen LogP contribution in [0.1, 0.15) is 30.2 Å². The van der Waals surface area contributed by atoms with E-state index in [1.165, 1.54) is 28.3 Å². The second-order valence-corrected chi connectivity index (χ2v) is 11.3. The Bertz CT molecular complexity index is 1560. The molecule has 5 rings (SSSR count). The fourth-order valence-corrected chi connectivity index (χ4v) is 5.79. The molecule has 13 nitrogen and oxygen atoms in total. The standard InChI is InChI=1S/C26H30N8O5S/c1-15-12-28-24(29-13-15)22(39-5)16(2)40(35,36)33-26-32-31-25(18-14-30-23-17(18)8-7-11-27-23)34(26)21-19(37-3)9-6-10-20(21)38-4/h6-14,16-17,22-23,30H,1-5H3,(H,32,33)/t16-,17?,22-,23?/m0/s1. The lowest BCUT2D eigenvalue weighted by Crippen LogP contribution is -2.33. The van der Waals surface area contributed by atoms with Gasteiger partial charge in [-0.3, -0.25) is 14.3 Å². The number of nitrogens with one attached hydrogen (secondary N) is 2. The summed E-state index contributed by atoms with van der Waals surface area (Å²) in [5.74, 6) is 1.29. The molecule has 1 aromatic carbocycles. The van der Waals surface area contributed by atoms with Crippen molar-refractivity contribution in [3.63, 3.8) is 0 Å². The quantitative estimate of drug-likeness (QED) is 0.374. The third kappa shape index (κ3) is 4.91. The highest BCUT2D eigenvalue weighted by atomic mass is 32.2. The maximum atomic E-state index is 13.7. The number of nitrogens with zero attached hydrogens (tertiary/aromatic N) is 6. The van der Waals surface area contributed by atoms with E-state index < -0.39 is 21.4 Å². The fraction of sp³-hybridized carbons (Fsp3) is 0.346. The Morgan fingerprint density at radius 1 is 1.07 bits per heavy atom. The van der Waals surface area contributed by atoms with Crippen molar-refractivity contribution in [3.05, 3.63) is 66.2 Å². The number of dihydropyridines is 1. The van der Waals surface area contributed by atoms with Crippen molar-refractivity contribution in [2.24, 2.45) is 10.9 Å². The molecular weight excluding hydrogens is 536 g/mol. The van der Waals surface area contributed by atoms with Crippen LogP contribution in [0.15, 0.2) is 53.9 Å². The van der Waals surface area contributed by atoms with Crippen LogP contribution in [0.4, 0.5) is 5.95 Å². The van der Waals surface area contributed by atoms with Gasteiger partial charge in [-0.2, -0.15) is 0 Å². The molecule has 0 saturated heterocycles. The van der Waals surface area contributed by atoms with Crippen LogP contribution in [0.25, 0.3) is 11.3 Å². The molecular formula is C26H30N8O5S. The van der Waals surface area contributed by atoms with E-state index in [4.69, 9.17) is 14.2 Å². The molecule has 0 aliphatic carbocycles. The van der Waals surface area contributed by atoms with Gasteiger partial charge in [0.25, 0.3) is 0 Å². The Balaban J connectivity index is 1.60. The molecule has 14 heteroatoms. The van der Waals surface area contributed by atoms with Crippen molar-refractivity contribution in [2.45, 2.75) is 31.4 Å². The molecule has 210 valence electrons. The highest BCUT2D eigenvalue weighted by molar-refractivity contribution is 7.93. The molecule has 0 spiro atoms. The molecule has 2 aliphatic heterocycles. The number of rotatable bonds is 10. The van der Waals surface area contributed by atoms with Crippen LogP contribution < -0.4 is 19.5 Å². The molecule has 4 heterocycles. The monoisotopic (exact) mass is 566 g/mol. The van der Waals surface area contributed by atoms with Crippen molar-refractivity contribution >= 4 is 27.8 Å². The maximum absolute atomic E-state index is 13.7. The molecule has 0 bridgehead atoms. The van der Waals surface area contributed by atoms with Crippen LogP contribution in [0.5, 0.6) is 11.5 Å². The number of aliphatic imine (C=N–C) groups is 1. The summed E-state index contributed by atoms with van der Waals surface area (Å²) >= 11 is 0. The van der Waals surface area contributed by atoms with Crippen molar-refractivity contribution in [2.75, 3.05) is 26.1 Å². The Labute approximate surface area is 232 Å². The fourth-order valence-electron chi connectivity index (χ4n) is 4.66. The number of ether oxygens (including phenoxy) is 3. The van der Waals surface area contributed by atoms with Gasteiger partial charge in [0.05, 0.1) is 14.2 Å². The van der Waals surface area contributed by atoms with Crippen LogP contribution in [-0.4, -0.2) is 72.1 Å². The molecule has 0 radical (unpaired) electrons. The number of allylic oxidation sites excluding steroid dienone is 1. The normalized spacial score (nSPS) is 19.4. The van der Waals surface area contributed by atoms with Crippen LogP contribution in [0, 0.1) is 12.8 Å². The number of aromatic nitrogens is 5. The Morgan fingerprint density at radius 2 is 1.77 bits per heavy atom. The molecule has 0 saturated carbocycles. The lowest BCUT2D eigenvalue weighted by atomic mass is 9.97. The highest BCUT2D eigenvalue weighted by Gasteiger charge is 2.37. The topological polar surface area (TPSA) is 155 Å². The van der Waals surface area contributed by atoms with Gasteiger partial charge in [0.15, 0.2) is 11.6 Å². The van der Waals surface area contributed by atoms with Crippen LogP contribution >= 0.6 is 0 Å². The predicted molar refractivity (Wildman–Crippen MR) is 149 cm³/mol. The molecule has 4 atom stereocenters. The zero-order valence-electron chi connectivity index (χ0n) is 22.6. The largest absolute Gasteiger partial charge is 0.494 e. The summed E-state index contributed by atoms with van der Waals surface area (Å²) in [6.07, 6.45) is 9.46. The van der Waals surface area contributed by atoms with Gasteiger partial charge in [0.1, 0.15) is 34.7 Å². The van der Waals surface area contributed by atoms with E-state index in [2.05, 4.69) is 35.2 Å². The first kappa shape index (κ1) is 27.3. The summed E-state index contributed by atoms with van der Waals surface area (Å²) in [5, 5.41) is 10.8. The molecule has 0 fully saturated rings. The number of sulfonamides is 1. The summed E-state index contributed by atoms with van der Waals surface area (Å²) in [4.78, 5) is 13.0. The summed E-state index contributed by atoms with van der Waals surface area (Å²) in [6.45, 7) is 3.36. The maximum Gasteiger partial charge on any atom is 0.243 e. The number of methoxy groups -OCH3 is 3. The van der Waals surface area contributed by atoms with Crippen molar-refractivity contribution < 1.29 is 22.6 Å². The first-order valence-electron chi connectivity index (χ1n) is 12.4. The third-order valence-electron chi connectivity index (χ3n) is 6.77. The number of fused-ring (bicyclic) bond motifs is 1. The van der Waals surface area contributed by atoms with Gasteiger partial charge < -0.3 is 19.5 Å². The second-order valence-electron chi connectivity index (χ2n) is 9.24. The van der Waals surface area contributed by atoms with Crippen molar-refractivity contribution in [1.29, 1.82) is 0 Å². The lowest BCUT2D eigenvalue weighted by Gasteiger charge is -2.23. The highest BCUT2D eigenvalue weighted by Crippen LogP contribution is 2.40. The van der Waals surface area contributed by atoms with Gasteiger partial charge >= 0.3 is 0 Å². The van der Waals surface area contributed by atoms with E-state index in [1.807, 2.05) is 19.1 Å². The van der Waals surface area contributed by atoms with Gasteiger partial charge in [-0.25, -0.2) is 18.4 Å². The number of para-hydroxylation sites is 1. The third-order valence-corrected chi connectivity index (χ3v) is 8.46. The lowest BCUT2D eigenvalue weighted by molar-refractivity contribution is 0.0949. The van der Waals surface area contributed by atoms with Crippen molar-refractivity contribution in [1.82, 2.24) is 30.0 Å². The number of hydrogen-bond acceptors (Lipinski definition) is 11. The SMILES string of the molecule is COc1cccc(OC)c1-n1c(NS(=O)(=O)[C@@H](C)[C@H](OC)c2ncc(C)cn2)nnc1C1=CNC2N=CC=CC12. The first-order chi connectivity index (χ1) is 19.3. The van der Waals surface area contributed by atoms with E-state index in [0.717, 1.165) is 11.1 Å². The number of aryl methyl sites for hydroxylation is 1. The molecule has 3 aromatic rings. The molecule has 40 heavy (non-hydrogen) atoms. The minimum absolute atomic E-state index is 0.0584. The van der Waals surface area contributed by atoms with E-state index in [9.17, 15) is 8.42 Å². The minimum atomic E-state index is -4.12. The zero-order chi connectivity index (χ0) is 28.4. The average molecular weight is 567 g/mol. The minimum Gasteiger partial charge on any atom is -0.494 e. The zero-order valence-corrected chi connectivity index (χ0v) is 23.5. The van der Waals surface area contributed by atoms with Crippen LogP contribution in [0.2, 0.25) is 0 Å². The Hall–Kier alpha value is -4.30. The van der Waals surface area contributed by atoms with Gasteiger partial charge in [-0.15, -0.1) is 10.2 Å². The summed E-state index contributed by atoms with van der Waals surface area (Å²) in [5.41, 5.74) is 2.03. The molecule has 2 N–H and O–H groups in total. The molecule has 2 aromatic heterocycles. The molecule has 0 amide bonds. The van der Waals surface area contributed by atoms with Gasteiger partial charge in [-0.05, 0) is 37.6 Å². The number of anilines is 1. The van der Waals surface area contributed by atoms with Crippen LogP contribution in [-0.2, 0) is 14.8 Å². The summed E-state index contributed by atoms with van der Waals surface area (Å²) in [6, 6.07) is 5.26. The van der Waals surface area contributed by atoms with Gasteiger partial charge in [0.2, 0.25) is 16.0 Å². The molecule has 2 aliphatic rings. The van der Waals surface area contributed by atoms with Gasteiger partial charge in [-0.1, -0.05) is 12.1 Å². The van der Waals surface area contributed by atoms with Crippen molar-refractivity contribution in [3.8, 4) is 17.2 Å². The van der Waals surface area contributed by atoms with E-state index in [1.54, 1.807) is 47.6 Å². The number of hydrogen-bond donors (Lipinski definition) is 2. The van der Waals surface area contributed by atoms with E-state index in [-0.39, 0.29) is 23.9 Å². The Kier molecular flexibility index (Phi) is 7.54. The van der Waals surface area contributed by atoms with E-state index in [0.29, 0.717) is 23.0 Å². The predicted octanol–water partition coefficient (Wildman–Crippen LogP) is 2.43. The summed E-state index contributed by atoms with van der Waals surface area (Å²) in [7, 11) is 0.330. The summed E-state index contributed by atoms with van der Waals surface area (Å²) < 4.78 is 48.5. The number of benzene rings is 1. The average Bonchev–Trinajstić information content (AvgIpc) is 3.57. The van der Waals surface area contributed by atoms with Crippen LogP contribution in [0.3, 0.4) is 0 Å². The Morgan fingerprint density at radius 3 is 2.42 bits per heavy atom. The smallest absolute Gasteiger partial charge is 0.243 e. The molecule has 2 unspecified atom stereocenters. The first-order valence-corrected chi connectivity index (χ1v) is 14.0.